The van der Waals surface area contributed by atoms with Gasteiger partial charge in [-0.2, -0.15) is 0 Å². The minimum absolute atomic E-state index is 0.0110. The minimum atomic E-state index is -1.37. The van der Waals surface area contributed by atoms with Crippen LogP contribution in [0.5, 0.6) is 0 Å². The first-order chi connectivity index (χ1) is 8.09. The number of nitrogens with zero attached hydrogens (tertiary/aromatic N) is 1. The van der Waals surface area contributed by atoms with E-state index >= 15 is 0 Å². The van der Waals surface area contributed by atoms with Gasteiger partial charge in [0.1, 0.15) is 11.6 Å². The third kappa shape index (κ3) is 2.13. The maximum atomic E-state index is 13.8. The summed E-state index contributed by atoms with van der Waals surface area (Å²) in [4.78, 5) is 14.3. The van der Waals surface area contributed by atoms with E-state index in [9.17, 15) is 13.6 Å². The van der Waals surface area contributed by atoms with Gasteiger partial charge in [0.05, 0.1) is 11.8 Å². The molecule has 0 radical (unpaired) electrons. The second-order valence-corrected chi connectivity index (χ2v) is 3.36. The number of hydrogen-bond acceptors (Lipinski definition) is 2. The van der Waals surface area contributed by atoms with Crippen molar-refractivity contribution in [2.75, 3.05) is 0 Å². The number of aromatic nitrogens is 1. The standard InChI is InChI=1S/C12H7F2NO2/c13-8-4-7(5-15-6-8)9-2-1-3-10(11(9)14)12(16)17/h1-6H,(H,16,17). The Bertz CT molecular complexity index is 584. The van der Waals surface area contributed by atoms with Gasteiger partial charge in [0.25, 0.3) is 0 Å². The fourth-order valence-electron chi connectivity index (χ4n) is 1.48. The van der Waals surface area contributed by atoms with E-state index in [-0.39, 0.29) is 11.1 Å². The van der Waals surface area contributed by atoms with E-state index in [4.69, 9.17) is 5.11 Å². The predicted molar refractivity (Wildman–Crippen MR) is 56.5 cm³/mol. The molecule has 0 aliphatic carbocycles. The third-order valence-corrected chi connectivity index (χ3v) is 2.25. The van der Waals surface area contributed by atoms with Crippen molar-refractivity contribution in [3.63, 3.8) is 0 Å². The van der Waals surface area contributed by atoms with E-state index in [0.29, 0.717) is 0 Å². The number of pyridine rings is 1. The Hall–Kier alpha value is -2.30. The molecule has 1 aromatic heterocycles. The fourth-order valence-corrected chi connectivity index (χ4v) is 1.48. The van der Waals surface area contributed by atoms with Crippen molar-refractivity contribution in [1.29, 1.82) is 0 Å². The summed E-state index contributed by atoms with van der Waals surface area (Å²) in [6.07, 6.45) is 2.26. The summed E-state index contributed by atoms with van der Waals surface area (Å²) < 4.78 is 26.8. The summed E-state index contributed by atoms with van der Waals surface area (Å²) in [7, 11) is 0. The highest BCUT2D eigenvalue weighted by Gasteiger charge is 2.15. The van der Waals surface area contributed by atoms with E-state index in [2.05, 4.69) is 4.98 Å². The van der Waals surface area contributed by atoms with Crippen LogP contribution in [0.25, 0.3) is 11.1 Å². The van der Waals surface area contributed by atoms with Crippen LogP contribution in [0.4, 0.5) is 8.78 Å². The van der Waals surface area contributed by atoms with Gasteiger partial charge in [-0.15, -0.1) is 0 Å². The molecule has 0 saturated heterocycles. The molecule has 2 aromatic rings. The lowest BCUT2D eigenvalue weighted by Gasteiger charge is -2.05. The topological polar surface area (TPSA) is 50.2 Å². The molecule has 1 heterocycles. The van der Waals surface area contributed by atoms with Gasteiger partial charge in [-0.1, -0.05) is 12.1 Å². The maximum Gasteiger partial charge on any atom is 0.338 e. The molecular weight excluding hydrogens is 228 g/mol. The molecular formula is C12H7F2NO2. The second kappa shape index (κ2) is 4.29. The van der Waals surface area contributed by atoms with Gasteiger partial charge < -0.3 is 5.11 Å². The van der Waals surface area contributed by atoms with Crippen LogP contribution >= 0.6 is 0 Å². The maximum absolute atomic E-state index is 13.8. The molecule has 0 unspecified atom stereocenters. The highest BCUT2D eigenvalue weighted by atomic mass is 19.1. The molecule has 0 atom stereocenters. The Morgan fingerprint density at radius 3 is 2.65 bits per heavy atom. The van der Waals surface area contributed by atoms with Gasteiger partial charge in [-0.3, -0.25) is 4.98 Å². The van der Waals surface area contributed by atoms with E-state index < -0.39 is 23.2 Å². The zero-order valence-corrected chi connectivity index (χ0v) is 8.52. The molecule has 0 aliphatic heterocycles. The van der Waals surface area contributed by atoms with Gasteiger partial charge in [0, 0.05) is 17.3 Å². The molecule has 1 N–H and O–H groups in total. The quantitative estimate of drug-likeness (QED) is 0.870. The summed E-state index contributed by atoms with van der Waals surface area (Å²) in [5, 5.41) is 8.76. The van der Waals surface area contributed by atoms with Gasteiger partial charge in [0.2, 0.25) is 0 Å². The third-order valence-electron chi connectivity index (χ3n) is 2.25. The summed E-state index contributed by atoms with van der Waals surface area (Å²) in [5.41, 5.74) is -0.241. The first-order valence-electron chi connectivity index (χ1n) is 4.72. The van der Waals surface area contributed by atoms with Crippen molar-refractivity contribution < 1.29 is 18.7 Å². The zero-order valence-electron chi connectivity index (χ0n) is 8.52. The summed E-state index contributed by atoms with van der Waals surface area (Å²) in [5.74, 6) is -2.87. The second-order valence-electron chi connectivity index (χ2n) is 3.36. The Morgan fingerprint density at radius 2 is 2.00 bits per heavy atom. The van der Waals surface area contributed by atoms with Crippen LogP contribution in [-0.4, -0.2) is 16.1 Å². The summed E-state index contributed by atoms with van der Waals surface area (Å²) >= 11 is 0. The molecule has 2 rings (SSSR count). The SMILES string of the molecule is O=C(O)c1cccc(-c2cncc(F)c2)c1F. The van der Waals surface area contributed by atoms with Gasteiger partial charge in [-0.25, -0.2) is 13.6 Å². The van der Waals surface area contributed by atoms with Crippen molar-refractivity contribution in [2.45, 2.75) is 0 Å². The van der Waals surface area contributed by atoms with Crippen LogP contribution in [-0.2, 0) is 0 Å². The Morgan fingerprint density at radius 1 is 1.24 bits per heavy atom. The van der Waals surface area contributed by atoms with Gasteiger partial charge >= 0.3 is 5.97 Å². The molecule has 0 fully saturated rings. The highest BCUT2D eigenvalue weighted by Crippen LogP contribution is 2.24. The molecule has 86 valence electrons. The number of hydrogen-bond donors (Lipinski definition) is 1. The smallest absolute Gasteiger partial charge is 0.338 e. The molecule has 5 heteroatoms. The lowest BCUT2D eigenvalue weighted by Crippen LogP contribution is -2.01. The van der Waals surface area contributed by atoms with Gasteiger partial charge in [-0.05, 0) is 12.1 Å². The van der Waals surface area contributed by atoms with E-state index in [1.165, 1.54) is 18.3 Å². The molecule has 0 bridgehead atoms. The van der Waals surface area contributed by atoms with Crippen LogP contribution < -0.4 is 0 Å². The molecule has 1 aromatic carbocycles. The summed E-state index contributed by atoms with van der Waals surface area (Å²) in [6, 6.07) is 5.01. The zero-order chi connectivity index (χ0) is 12.4. The number of benzene rings is 1. The number of carbonyl (C=O) groups is 1. The van der Waals surface area contributed by atoms with Crippen LogP contribution in [0.2, 0.25) is 0 Å². The largest absolute Gasteiger partial charge is 0.478 e. The molecule has 0 amide bonds. The fraction of sp³-hybridized carbons (Fsp3) is 0. The average molecular weight is 235 g/mol. The van der Waals surface area contributed by atoms with Crippen LogP contribution in [0.3, 0.4) is 0 Å². The first kappa shape index (κ1) is 11.2. The van der Waals surface area contributed by atoms with E-state index in [0.717, 1.165) is 18.3 Å². The van der Waals surface area contributed by atoms with Crippen molar-refractivity contribution >= 4 is 5.97 Å². The highest BCUT2D eigenvalue weighted by molar-refractivity contribution is 5.89. The predicted octanol–water partition coefficient (Wildman–Crippen LogP) is 2.73. The summed E-state index contributed by atoms with van der Waals surface area (Å²) in [6.45, 7) is 0. The number of aromatic carboxylic acids is 1. The monoisotopic (exact) mass is 235 g/mol. The van der Waals surface area contributed by atoms with Crippen LogP contribution in [0.1, 0.15) is 10.4 Å². The van der Waals surface area contributed by atoms with Crippen molar-refractivity contribution in [3.8, 4) is 11.1 Å². The van der Waals surface area contributed by atoms with E-state index in [1.807, 2.05) is 0 Å². The van der Waals surface area contributed by atoms with Crippen molar-refractivity contribution in [1.82, 2.24) is 4.98 Å². The molecule has 0 aliphatic rings. The Labute approximate surface area is 95.4 Å². The van der Waals surface area contributed by atoms with Crippen LogP contribution in [0, 0.1) is 11.6 Å². The normalized spacial score (nSPS) is 10.2. The van der Waals surface area contributed by atoms with Crippen molar-refractivity contribution in [2.24, 2.45) is 0 Å². The first-order valence-corrected chi connectivity index (χ1v) is 4.72. The molecule has 0 spiro atoms. The van der Waals surface area contributed by atoms with Gasteiger partial charge in [0.15, 0.2) is 0 Å². The van der Waals surface area contributed by atoms with Crippen molar-refractivity contribution in [3.05, 3.63) is 53.9 Å². The lowest BCUT2D eigenvalue weighted by molar-refractivity contribution is 0.0692. The number of halogens is 2. The number of carboxylic acids is 1. The number of rotatable bonds is 2. The minimum Gasteiger partial charge on any atom is -0.478 e. The molecule has 0 saturated carbocycles. The Kier molecular flexibility index (Phi) is 2.82. The van der Waals surface area contributed by atoms with Crippen LogP contribution in [0.15, 0.2) is 36.7 Å². The lowest BCUT2D eigenvalue weighted by atomic mass is 10.0. The van der Waals surface area contributed by atoms with E-state index in [1.54, 1.807) is 0 Å². The molecule has 17 heavy (non-hydrogen) atoms. The number of carboxylic acid groups (broad SMARTS) is 1. The Balaban J connectivity index is 2.60. The average Bonchev–Trinajstić information content (AvgIpc) is 2.29. The molecule has 3 nitrogen and oxygen atoms in total.